The predicted octanol–water partition coefficient (Wildman–Crippen LogP) is 5.42. The molecule has 0 fully saturated rings. The van der Waals surface area contributed by atoms with Crippen LogP contribution in [0.5, 0.6) is 0 Å². The zero-order valence-corrected chi connectivity index (χ0v) is 22.6. The molecule has 0 spiro atoms. The second kappa shape index (κ2) is 10.6. The topological polar surface area (TPSA) is 86.4 Å². The SMILES string of the molecule is COC1=C2N=C(C=C3C=CC(=N3)C=C3C=CC(=N3)C=C3N=C1C(OC)=C3c1ccccc1)C(OC)=C2OC.Cl. The first-order valence-corrected chi connectivity index (χ1v) is 12.0. The van der Waals surface area contributed by atoms with Crippen molar-refractivity contribution in [1.82, 2.24) is 0 Å². The molecule has 1 aromatic rings. The summed E-state index contributed by atoms with van der Waals surface area (Å²) in [6, 6.07) is 9.96. The number of ether oxygens (including phenoxy) is 4. The molecule has 9 heteroatoms. The van der Waals surface area contributed by atoms with Crippen LogP contribution in [-0.2, 0) is 18.9 Å². The molecule has 0 saturated heterocycles. The molecule has 5 aliphatic heterocycles. The first-order chi connectivity index (χ1) is 18.6. The van der Waals surface area contributed by atoms with Crippen molar-refractivity contribution in [3.8, 4) is 0 Å². The molecule has 5 heterocycles. The van der Waals surface area contributed by atoms with Crippen LogP contribution in [0.1, 0.15) is 5.56 Å². The fraction of sp³-hybridized carbons (Fsp3) is 0.133. The second-order valence-corrected chi connectivity index (χ2v) is 8.59. The van der Waals surface area contributed by atoms with E-state index in [0.29, 0.717) is 45.9 Å². The molecule has 6 rings (SSSR count). The number of rotatable bonds is 5. The van der Waals surface area contributed by atoms with Gasteiger partial charge in [0.2, 0.25) is 0 Å². The minimum absolute atomic E-state index is 0. The van der Waals surface area contributed by atoms with Crippen molar-refractivity contribution in [3.05, 3.63) is 124 Å². The molecule has 0 aliphatic carbocycles. The molecule has 0 aromatic heterocycles. The van der Waals surface area contributed by atoms with Crippen LogP contribution in [0.3, 0.4) is 0 Å². The molecule has 196 valence electrons. The van der Waals surface area contributed by atoms with Gasteiger partial charge in [-0.2, -0.15) is 0 Å². The van der Waals surface area contributed by atoms with Gasteiger partial charge >= 0.3 is 0 Å². The van der Waals surface area contributed by atoms with Crippen LogP contribution in [0.2, 0.25) is 0 Å². The minimum Gasteiger partial charge on any atom is -0.494 e. The van der Waals surface area contributed by atoms with Crippen molar-refractivity contribution in [2.75, 3.05) is 28.4 Å². The minimum atomic E-state index is 0. The number of aliphatic imine (C=N–C) groups is 4. The number of hydrogen-bond acceptors (Lipinski definition) is 8. The number of nitrogens with zero attached hydrogens (tertiary/aromatic N) is 4. The summed E-state index contributed by atoms with van der Waals surface area (Å²) < 4.78 is 23.4. The molecular weight excluding hydrogens is 516 g/mol. The van der Waals surface area contributed by atoms with E-state index in [9.17, 15) is 0 Å². The van der Waals surface area contributed by atoms with Gasteiger partial charge in [-0.3, -0.25) is 0 Å². The Morgan fingerprint density at radius 1 is 0.564 bits per heavy atom. The summed E-state index contributed by atoms with van der Waals surface area (Å²) in [7, 11) is 6.34. The van der Waals surface area contributed by atoms with Crippen molar-refractivity contribution in [2.45, 2.75) is 0 Å². The average Bonchev–Trinajstić information content (AvgIpc) is 3.71. The lowest BCUT2D eigenvalue weighted by Gasteiger charge is -2.13. The first-order valence-electron chi connectivity index (χ1n) is 12.0. The van der Waals surface area contributed by atoms with Crippen molar-refractivity contribution in [2.24, 2.45) is 20.0 Å². The van der Waals surface area contributed by atoms with Gasteiger partial charge in [0, 0.05) is 0 Å². The standard InChI is InChI=1S/C30H24N4O4.ClH/c1-35-27-23-16-21-13-11-19(32-21)14-18-10-12-20(31-18)15-22-24(17-8-6-5-7-9-17)28(36-2)25(33-22)29(37-3)26(34-23)30(27)38-4;/h5-16H,1-4H3;1H. The highest BCUT2D eigenvalue weighted by Crippen LogP contribution is 2.40. The fourth-order valence-corrected chi connectivity index (χ4v) is 4.73. The van der Waals surface area contributed by atoms with Crippen LogP contribution in [0.4, 0.5) is 0 Å². The molecule has 0 atom stereocenters. The van der Waals surface area contributed by atoms with Gasteiger partial charge in [0.25, 0.3) is 0 Å². The smallest absolute Gasteiger partial charge is 0.192 e. The van der Waals surface area contributed by atoms with Crippen LogP contribution in [0, 0.1) is 0 Å². The Balaban J connectivity index is 0.00000308. The Morgan fingerprint density at radius 2 is 1.18 bits per heavy atom. The Morgan fingerprint density at radius 3 is 1.82 bits per heavy atom. The molecular formula is C30H25ClN4O4. The Hall–Kier alpha value is -4.69. The van der Waals surface area contributed by atoms with Crippen LogP contribution in [-0.4, -0.2) is 51.3 Å². The fourth-order valence-electron chi connectivity index (χ4n) is 4.73. The lowest BCUT2D eigenvalue weighted by Crippen LogP contribution is -2.12. The quantitative estimate of drug-likeness (QED) is 0.499. The molecule has 5 aliphatic rings. The third kappa shape index (κ3) is 4.49. The van der Waals surface area contributed by atoms with Gasteiger partial charge in [-0.15, -0.1) is 12.4 Å². The monoisotopic (exact) mass is 540 g/mol. The van der Waals surface area contributed by atoms with E-state index in [1.165, 1.54) is 0 Å². The molecule has 0 unspecified atom stereocenters. The molecule has 39 heavy (non-hydrogen) atoms. The average molecular weight is 541 g/mol. The molecule has 8 nitrogen and oxygen atoms in total. The molecule has 0 saturated carbocycles. The van der Waals surface area contributed by atoms with Crippen LogP contribution >= 0.6 is 12.4 Å². The summed E-state index contributed by atoms with van der Waals surface area (Å²) in [5.41, 5.74) is 7.02. The van der Waals surface area contributed by atoms with E-state index in [1.807, 2.05) is 72.9 Å². The van der Waals surface area contributed by atoms with Crippen molar-refractivity contribution >= 4 is 40.8 Å². The van der Waals surface area contributed by atoms with Crippen LogP contribution in [0.25, 0.3) is 5.57 Å². The largest absolute Gasteiger partial charge is 0.494 e. The number of halogens is 1. The lowest BCUT2D eigenvalue weighted by atomic mass is 10.0. The van der Waals surface area contributed by atoms with E-state index < -0.39 is 0 Å². The summed E-state index contributed by atoms with van der Waals surface area (Å²) >= 11 is 0. The molecule has 1 aromatic carbocycles. The number of allylic oxidation sites excluding steroid dienone is 8. The summed E-state index contributed by atoms with van der Waals surface area (Å²) in [4.78, 5) is 19.3. The number of methoxy groups -OCH3 is 4. The van der Waals surface area contributed by atoms with E-state index >= 15 is 0 Å². The van der Waals surface area contributed by atoms with E-state index in [-0.39, 0.29) is 12.4 Å². The zero-order valence-electron chi connectivity index (χ0n) is 21.8. The molecule has 0 radical (unpaired) electrons. The summed E-state index contributed by atoms with van der Waals surface area (Å²) in [6.07, 6.45) is 13.5. The second-order valence-electron chi connectivity index (χ2n) is 8.59. The van der Waals surface area contributed by atoms with Crippen molar-refractivity contribution in [3.63, 3.8) is 0 Å². The Bertz CT molecular complexity index is 1630. The third-order valence-corrected chi connectivity index (χ3v) is 6.36. The van der Waals surface area contributed by atoms with Gasteiger partial charge in [-0.05, 0) is 48.1 Å². The number of benzene rings is 1. The van der Waals surface area contributed by atoms with Crippen molar-refractivity contribution < 1.29 is 18.9 Å². The van der Waals surface area contributed by atoms with E-state index in [1.54, 1.807) is 28.4 Å². The highest BCUT2D eigenvalue weighted by Gasteiger charge is 2.36. The summed E-state index contributed by atoms with van der Waals surface area (Å²) in [5.74, 6) is 1.84. The third-order valence-electron chi connectivity index (χ3n) is 6.36. The van der Waals surface area contributed by atoms with E-state index in [4.69, 9.17) is 38.9 Å². The zero-order chi connectivity index (χ0) is 26.2. The van der Waals surface area contributed by atoms with Gasteiger partial charge in [-0.25, -0.2) is 20.0 Å². The van der Waals surface area contributed by atoms with Crippen molar-refractivity contribution in [1.29, 1.82) is 0 Å². The Kier molecular flexibility index (Phi) is 7.04. The number of hydrogen-bond donors (Lipinski definition) is 0. The lowest BCUT2D eigenvalue weighted by molar-refractivity contribution is 0.240. The first kappa shape index (κ1) is 25.9. The van der Waals surface area contributed by atoms with Crippen LogP contribution < -0.4 is 0 Å². The Labute approximate surface area is 232 Å². The normalized spacial score (nSPS) is 19.1. The van der Waals surface area contributed by atoms with E-state index in [2.05, 4.69) is 0 Å². The van der Waals surface area contributed by atoms with Gasteiger partial charge in [0.05, 0.1) is 62.5 Å². The number of fused-ring (bicyclic) bond motifs is 4. The highest BCUT2D eigenvalue weighted by molar-refractivity contribution is 6.23. The summed E-state index contributed by atoms with van der Waals surface area (Å²) in [5, 5.41) is 0. The van der Waals surface area contributed by atoms with Gasteiger partial charge in [0.1, 0.15) is 5.71 Å². The maximum Gasteiger partial charge on any atom is 0.192 e. The molecule has 0 N–H and O–H groups in total. The van der Waals surface area contributed by atoms with Gasteiger partial charge in [-0.1, -0.05) is 30.3 Å². The van der Waals surface area contributed by atoms with Gasteiger partial charge in [0.15, 0.2) is 34.4 Å². The highest BCUT2D eigenvalue weighted by atomic mass is 35.5. The predicted molar refractivity (Wildman–Crippen MR) is 155 cm³/mol. The molecule has 8 bridgehead atoms. The molecule has 0 amide bonds. The summed E-state index contributed by atoms with van der Waals surface area (Å²) in [6.45, 7) is 0. The maximum absolute atomic E-state index is 5.97. The van der Waals surface area contributed by atoms with Crippen LogP contribution in [0.15, 0.2) is 139 Å². The van der Waals surface area contributed by atoms with Gasteiger partial charge < -0.3 is 18.9 Å². The maximum atomic E-state index is 5.97. The van der Waals surface area contributed by atoms with E-state index in [0.717, 1.165) is 34.0 Å².